The minimum absolute atomic E-state index is 0.264. The van der Waals surface area contributed by atoms with Crippen molar-refractivity contribution in [1.29, 1.82) is 0 Å². The lowest BCUT2D eigenvalue weighted by atomic mass is 10.0. The van der Waals surface area contributed by atoms with Gasteiger partial charge in [0, 0.05) is 25.6 Å². The molecule has 2 rings (SSSR count). The first kappa shape index (κ1) is 13.5. The Labute approximate surface area is 110 Å². The lowest BCUT2D eigenvalue weighted by Gasteiger charge is -2.08. The molecular weight excluding hydrogens is 251 g/mol. The van der Waals surface area contributed by atoms with Gasteiger partial charge in [-0.1, -0.05) is 23.4 Å². The second-order valence-corrected chi connectivity index (χ2v) is 4.10. The number of hydrogen-bond acceptors (Lipinski definition) is 4. The molecule has 0 bridgehead atoms. The molecule has 0 aliphatic carbocycles. The van der Waals surface area contributed by atoms with Gasteiger partial charge in [0.1, 0.15) is 5.82 Å². The van der Waals surface area contributed by atoms with Gasteiger partial charge in [0.25, 0.3) is 5.91 Å². The number of nitrogens with one attached hydrogen (secondary N) is 1. The molecule has 5 nitrogen and oxygen atoms in total. The van der Waals surface area contributed by atoms with E-state index in [1.165, 1.54) is 6.07 Å². The van der Waals surface area contributed by atoms with Crippen molar-refractivity contribution >= 4 is 11.6 Å². The van der Waals surface area contributed by atoms with E-state index in [0.717, 1.165) is 0 Å². The third-order valence-corrected chi connectivity index (χ3v) is 2.75. The zero-order valence-corrected chi connectivity index (χ0v) is 10.6. The maximum atomic E-state index is 13.6. The van der Waals surface area contributed by atoms with Crippen molar-refractivity contribution < 1.29 is 18.8 Å². The van der Waals surface area contributed by atoms with Crippen molar-refractivity contribution in [2.24, 2.45) is 5.16 Å². The summed E-state index contributed by atoms with van der Waals surface area (Å²) in [5, 5.41) is 6.44. The summed E-state index contributed by atoms with van der Waals surface area (Å²) in [7, 11) is 1.55. The lowest BCUT2D eigenvalue weighted by Crippen LogP contribution is -2.36. The molecule has 1 aliphatic rings. The Bertz CT molecular complexity index is 491. The molecule has 0 spiro atoms. The summed E-state index contributed by atoms with van der Waals surface area (Å²) in [5.41, 5.74) is 0.819. The van der Waals surface area contributed by atoms with E-state index < -0.39 is 6.10 Å². The Hall–Kier alpha value is -1.95. The van der Waals surface area contributed by atoms with Crippen molar-refractivity contribution in [1.82, 2.24) is 5.32 Å². The van der Waals surface area contributed by atoms with Gasteiger partial charge in [0.05, 0.1) is 12.3 Å². The van der Waals surface area contributed by atoms with Gasteiger partial charge in [0.15, 0.2) is 0 Å². The largest absolute Gasteiger partial charge is 0.383 e. The quantitative estimate of drug-likeness (QED) is 0.811. The molecule has 19 heavy (non-hydrogen) atoms. The van der Waals surface area contributed by atoms with Crippen LogP contribution in [0.5, 0.6) is 0 Å². The average molecular weight is 266 g/mol. The summed E-state index contributed by atoms with van der Waals surface area (Å²) in [6, 6.07) is 6.28. The van der Waals surface area contributed by atoms with Crippen LogP contribution in [0.4, 0.5) is 4.39 Å². The maximum Gasteiger partial charge on any atom is 0.264 e. The summed E-state index contributed by atoms with van der Waals surface area (Å²) in [5.74, 6) is -0.641. The molecule has 102 valence electrons. The molecule has 0 aromatic heterocycles. The fraction of sp³-hybridized carbons (Fsp3) is 0.385. The standard InChI is InChI=1S/C13H15FN2O3/c1-18-7-6-15-13(17)12-8-11(16-19-12)9-4-2-3-5-10(9)14/h2-5,12H,6-8H2,1H3,(H,15,17). The van der Waals surface area contributed by atoms with Crippen molar-refractivity contribution in [3.8, 4) is 0 Å². The summed E-state index contributed by atoms with van der Waals surface area (Å²) < 4.78 is 18.4. The van der Waals surface area contributed by atoms with Crippen molar-refractivity contribution in [3.63, 3.8) is 0 Å². The molecule has 0 fully saturated rings. The topological polar surface area (TPSA) is 59.9 Å². The second-order valence-electron chi connectivity index (χ2n) is 4.10. The highest BCUT2D eigenvalue weighted by Gasteiger charge is 2.29. The zero-order valence-electron chi connectivity index (χ0n) is 10.6. The SMILES string of the molecule is COCCNC(=O)C1CC(c2ccccc2F)=NO1. The Morgan fingerprint density at radius 2 is 2.37 bits per heavy atom. The first-order valence-electron chi connectivity index (χ1n) is 5.96. The first-order chi connectivity index (χ1) is 9.22. The Kier molecular flexibility index (Phi) is 4.46. The molecule has 1 heterocycles. The van der Waals surface area contributed by atoms with E-state index in [-0.39, 0.29) is 18.1 Å². The molecule has 0 radical (unpaired) electrons. The van der Waals surface area contributed by atoms with Crippen LogP contribution in [-0.4, -0.2) is 38.0 Å². The van der Waals surface area contributed by atoms with Crippen molar-refractivity contribution in [3.05, 3.63) is 35.6 Å². The highest BCUT2D eigenvalue weighted by atomic mass is 19.1. The highest BCUT2D eigenvalue weighted by molar-refractivity contribution is 6.04. The molecule has 1 aliphatic heterocycles. The molecule has 1 N–H and O–H groups in total. The van der Waals surface area contributed by atoms with E-state index in [1.807, 2.05) is 0 Å². The molecule has 1 unspecified atom stereocenters. The van der Waals surface area contributed by atoms with Crippen molar-refractivity contribution in [2.75, 3.05) is 20.3 Å². The number of benzene rings is 1. The molecule has 0 saturated carbocycles. The number of carbonyl (C=O) groups excluding carboxylic acids is 1. The molecule has 1 atom stereocenters. The Morgan fingerprint density at radius 3 is 3.11 bits per heavy atom. The number of nitrogens with zero attached hydrogens (tertiary/aromatic N) is 1. The van der Waals surface area contributed by atoms with Gasteiger partial charge in [-0.05, 0) is 6.07 Å². The molecule has 0 saturated heterocycles. The fourth-order valence-electron chi connectivity index (χ4n) is 1.76. The van der Waals surface area contributed by atoms with Crippen LogP contribution in [0.2, 0.25) is 0 Å². The number of rotatable bonds is 5. The van der Waals surface area contributed by atoms with E-state index in [0.29, 0.717) is 24.4 Å². The number of amides is 1. The minimum atomic E-state index is -0.702. The van der Waals surface area contributed by atoms with Crippen LogP contribution in [-0.2, 0) is 14.4 Å². The predicted molar refractivity (Wildman–Crippen MR) is 67.3 cm³/mol. The number of methoxy groups -OCH3 is 1. The van der Waals surface area contributed by atoms with Crippen LogP contribution in [0.25, 0.3) is 0 Å². The van der Waals surface area contributed by atoms with Crippen LogP contribution in [0, 0.1) is 5.82 Å². The van der Waals surface area contributed by atoms with Gasteiger partial charge in [-0.25, -0.2) is 4.39 Å². The molecule has 1 amide bonds. The molecule has 6 heteroatoms. The maximum absolute atomic E-state index is 13.6. The van der Waals surface area contributed by atoms with Gasteiger partial charge in [0.2, 0.25) is 6.10 Å². The van der Waals surface area contributed by atoms with E-state index >= 15 is 0 Å². The van der Waals surface area contributed by atoms with Crippen LogP contribution in [0.3, 0.4) is 0 Å². The summed E-state index contributed by atoms with van der Waals surface area (Å²) in [6.45, 7) is 0.837. The minimum Gasteiger partial charge on any atom is -0.383 e. The molecular formula is C13H15FN2O3. The number of ether oxygens (including phenoxy) is 1. The number of carbonyl (C=O) groups is 1. The van der Waals surface area contributed by atoms with Gasteiger partial charge >= 0.3 is 0 Å². The number of halogens is 1. The van der Waals surface area contributed by atoms with Gasteiger partial charge in [-0.3, -0.25) is 4.79 Å². The van der Waals surface area contributed by atoms with Crippen LogP contribution < -0.4 is 5.32 Å². The predicted octanol–water partition coefficient (Wildman–Crippen LogP) is 1.08. The van der Waals surface area contributed by atoms with Crippen LogP contribution in [0.1, 0.15) is 12.0 Å². The van der Waals surface area contributed by atoms with Crippen LogP contribution >= 0.6 is 0 Å². The zero-order chi connectivity index (χ0) is 13.7. The van der Waals surface area contributed by atoms with E-state index in [9.17, 15) is 9.18 Å². The smallest absolute Gasteiger partial charge is 0.264 e. The Morgan fingerprint density at radius 1 is 1.58 bits per heavy atom. The highest BCUT2D eigenvalue weighted by Crippen LogP contribution is 2.18. The third-order valence-electron chi connectivity index (χ3n) is 2.75. The van der Waals surface area contributed by atoms with E-state index in [1.54, 1.807) is 25.3 Å². The Balaban J connectivity index is 1.92. The number of hydrogen-bond donors (Lipinski definition) is 1. The average Bonchev–Trinajstić information content (AvgIpc) is 2.89. The first-order valence-corrected chi connectivity index (χ1v) is 5.96. The normalized spacial score (nSPS) is 17.8. The van der Waals surface area contributed by atoms with Crippen LogP contribution in [0.15, 0.2) is 29.4 Å². The summed E-state index contributed by atoms with van der Waals surface area (Å²) in [6.07, 6.45) is -0.439. The number of oxime groups is 1. The third kappa shape index (κ3) is 3.29. The second kappa shape index (κ2) is 6.29. The molecule has 1 aromatic rings. The summed E-state index contributed by atoms with van der Waals surface area (Å²) in [4.78, 5) is 16.8. The lowest BCUT2D eigenvalue weighted by molar-refractivity contribution is -0.131. The monoisotopic (exact) mass is 266 g/mol. The van der Waals surface area contributed by atoms with Gasteiger partial charge in [-0.2, -0.15) is 0 Å². The fourth-order valence-corrected chi connectivity index (χ4v) is 1.76. The summed E-state index contributed by atoms with van der Waals surface area (Å²) >= 11 is 0. The van der Waals surface area contributed by atoms with E-state index in [2.05, 4.69) is 10.5 Å². The van der Waals surface area contributed by atoms with E-state index in [4.69, 9.17) is 9.57 Å². The van der Waals surface area contributed by atoms with Gasteiger partial charge in [-0.15, -0.1) is 0 Å². The molecule has 1 aromatic carbocycles. The van der Waals surface area contributed by atoms with Gasteiger partial charge < -0.3 is 14.9 Å². The van der Waals surface area contributed by atoms with Crippen molar-refractivity contribution in [2.45, 2.75) is 12.5 Å².